The van der Waals surface area contributed by atoms with Crippen molar-refractivity contribution in [2.45, 2.75) is 14.9 Å². The van der Waals surface area contributed by atoms with Crippen molar-refractivity contribution in [1.82, 2.24) is 0 Å². The van der Waals surface area contributed by atoms with Crippen molar-refractivity contribution in [3.8, 4) is 0 Å². The zero-order chi connectivity index (χ0) is 14.5. The van der Waals surface area contributed by atoms with Crippen molar-refractivity contribution in [1.29, 1.82) is 0 Å². The van der Waals surface area contributed by atoms with E-state index in [2.05, 4.69) is 10.3 Å². The minimum atomic E-state index is -0.0426. The third-order valence-electron chi connectivity index (χ3n) is 2.64. The summed E-state index contributed by atoms with van der Waals surface area (Å²) in [7, 11) is 0. The maximum absolute atomic E-state index is 11.1. The molecular formula is C16H16Cl2N2O2Sn. The fourth-order valence-electron chi connectivity index (χ4n) is 1.68. The summed E-state index contributed by atoms with van der Waals surface area (Å²) in [5.41, 5.74) is 0.848. The molecular weight excluding hydrogens is 442 g/mol. The second-order valence-electron chi connectivity index (χ2n) is 3.89. The van der Waals surface area contributed by atoms with Gasteiger partial charge >= 0.3 is 23.9 Å². The van der Waals surface area contributed by atoms with Crippen LogP contribution in [0.2, 0.25) is 10.0 Å². The molecule has 0 N–H and O–H groups in total. The molecule has 0 saturated carbocycles. The molecule has 0 aliphatic carbocycles. The van der Waals surface area contributed by atoms with E-state index < -0.39 is 0 Å². The molecule has 4 nitrogen and oxygen atoms in total. The number of hydrogen-bond acceptors (Lipinski definition) is 4. The first-order valence-electron chi connectivity index (χ1n) is 5.58. The Labute approximate surface area is 163 Å². The van der Waals surface area contributed by atoms with Gasteiger partial charge in [-0.3, -0.25) is 0 Å². The molecule has 0 atom stereocenters. The molecule has 0 unspecified atom stereocenters. The van der Waals surface area contributed by atoms with E-state index in [9.17, 15) is 10.4 Å². The number of hydrogen-bond donors (Lipinski definition) is 0. The van der Waals surface area contributed by atoms with Crippen molar-refractivity contribution < 1.29 is 0 Å². The SMILES string of the molecule is C.C.[O-]/N=C(/C(=N/[O-])c1ccc(Cl)cc1)c1ccc(Cl)cc1.[Sn+2]. The topological polar surface area (TPSA) is 70.8 Å². The Kier molecular flexibility index (Phi) is 11.8. The quantitative estimate of drug-likeness (QED) is 0.363. The van der Waals surface area contributed by atoms with Gasteiger partial charge < -0.3 is 20.7 Å². The third kappa shape index (κ3) is 6.05. The van der Waals surface area contributed by atoms with Gasteiger partial charge in [-0.15, -0.1) is 0 Å². The van der Waals surface area contributed by atoms with E-state index in [1.54, 1.807) is 48.5 Å². The summed E-state index contributed by atoms with van der Waals surface area (Å²) in [6.07, 6.45) is 0. The van der Waals surface area contributed by atoms with Gasteiger partial charge in [-0.25, -0.2) is 0 Å². The molecule has 7 heteroatoms. The van der Waals surface area contributed by atoms with E-state index in [1.807, 2.05) is 0 Å². The van der Waals surface area contributed by atoms with E-state index in [0.717, 1.165) is 0 Å². The summed E-state index contributed by atoms with van der Waals surface area (Å²) >= 11 is 11.6. The molecule has 0 fully saturated rings. The molecule has 23 heavy (non-hydrogen) atoms. The van der Waals surface area contributed by atoms with Gasteiger partial charge in [-0.1, -0.05) is 62.3 Å². The summed E-state index contributed by atoms with van der Waals surface area (Å²) in [5, 5.41) is 29.0. The Morgan fingerprint density at radius 2 is 0.913 bits per heavy atom. The zero-order valence-corrected chi connectivity index (χ0v) is 15.0. The fourth-order valence-corrected chi connectivity index (χ4v) is 1.93. The van der Waals surface area contributed by atoms with E-state index in [-0.39, 0.29) is 50.2 Å². The predicted molar refractivity (Wildman–Crippen MR) is 102 cm³/mol. The average Bonchev–Trinajstić information content (AvgIpc) is 2.47. The smallest absolute Gasteiger partial charge is 0.791 e. The van der Waals surface area contributed by atoms with Crippen molar-refractivity contribution in [3.05, 3.63) is 80.1 Å². The van der Waals surface area contributed by atoms with Crippen LogP contribution in [-0.2, 0) is 0 Å². The molecule has 2 rings (SSSR count). The predicted octanol–water partition coefficient (Wildman–Crippen LogP) is 5.16. The molecule has 0 aromatic heterocycles. The van der Waals surface area contributed by atoms with Gasteiger partial charge in [0.05, 0.1) is 11.4 Å². The second kappa shape index (κ2) is 11.3. The number of nitrogens with zero attached hydrogens (tertiary/aromatic N) is 2. The van der Waals surface area contributed by atoms with Gasteiger partial charge in [-0.05, 0) is 24.3 Å². The molecule has 0 spiro atoms. The molecule has 0 aliphatic heterocycles. The molecule has 2 radical (unpaired) electrons. The maximum Gasteiger partial charge on any atom is 2.00 e. The minimum absolute atomic E-state index is 0. The normalized spacial score (nSPS) is 10.9. The second-order valence-corrected chi connectivity index (χ2v) is 4.77. The van der Waals surface area contributed by atoms with Crippen LogP contribution in [0.3, 0.4) is 0 Å². The van der Waals surface area contributed by atoms with Crippen LogP contribution < -0.4 is 0 Å². The summed E-state index contributed by atoms with van der Waals surface area (Å²) in [6, 6.07) is 12.8. The molecule has 0 bridgehead atoms. The summed E-state index contributed by atoms with van der Waals surface area (Å²) in [5.74, 6) is 0. The van der Waals surface area contributed by atoms with Crippen molar-refractivity contribution in [2.24, 2.45) is 10.3 Å². The van der Waals surface area contributed by atoms with Crippen LogP contribution in [0.15, 0.2) is 58.8 Å². The maximum atomic E-state index is 11.1. The average molecular weight is 458 g/mol. The zero-order valence-electron chi connectivity index (χ0n) is 10.6. The van der Waals surface area contributed by atoms with Gasteiger partial charge in [0.2, 0.25) is 0 Å². The van der Waals surface area contributed by atoms with Crippen molar-refractivity contribution in [3.63, 3.8) is 0 Å². The Morgan fingerprint density at radius 1 is 0.652 bits per heavy atom. The van der Waals surface area contributed by atoms with Gasteiger partial charge in [0.15, 0.2) is 0 Å². The Bertz CT molecular complexity index is 597. The molecule has 0 heterocycles. The molecule has 0 amide bonds. The van der Waals surface area contributed by atoms with E-state index >= 15 is 0 Å². The largest absolute Gasteiger partial charge is 2.00 e. The van der Waals surface area contributed by atoms with E-state index in [1.165, 1.54) is 0 Å². The number of halogens is 2. The number of benzene rings is 2. The first kappa shape index (κ1) is 24.0. The van der Waals surface area contributed by atoms with Crippen LogP contribution in [0.4, 0.5) is 0 Å². The summed E-state index contributed by atoms with van der Waals surface area (Å²) in [6.45, 7) is 0. The molecule has 2 aromatic carbocycles. The third-order valence-corrected chi connectivity index (χ3v) is 3.15. The standard InChI is InChI=1S/C14H10Cl2N2O2.2CH4.Sn/c15-11-5-1-9(2-6-11)13(17-19)14(18-20)10-3-7-12(16)8-4-10;;;/h1-8,19-20H;2*1H4;/q;;;+2/p-2/b17-13+,18-14+;;;. The van der Waals surface area contributed by atoms with Gasteiger partial charge in [-0.2, -0.15) is 0 Å². The molecule has 120 valence electrons. The number of rotatable bonds is 3. The summed E-state index contributed by atoms with van der Waals surface area (Å²) < 4.78 is 0. The van der Waals surface area contributed by atoms with Crippen LogP contribution in [0.1, 0.15) is 26.0 Å². The van der Waals surface area contributed by atoms with Crippen LogP contribution in [0, 0.1) is 10.4 Å². The van der Waals surface area contributed by atoms with Crippen LogP contribution in [0.25, 0.3) is 0 Å². The molecule has 2 aromatic rings. The Balaban J connectivity index is 0. The molecule has 0 saturated heterocycles. The first-order valence-corrected chi connectivity index (χ1v) is 6.34. The van der Waals surface area contributed by atoms with Crippen molar-refractivity contribution in [2.75, 3.05) is 0 Å². The van der Waals surface area contributed by atoms with Gasteiger partial charge in [0, 0.05) is 21.2 Å². The fraction of sp³-hybridized carbons (Fsp3) is 0.125. The van der Waals surface area contributed by atoms with Crippen molar-refractivity contribution >= 4 is 58.5 Å². The first-order chi connectivity index (χ1) is 9.65. The van der Waals surface area contributed by atoms with Crippen LogP contribution >= 0.6 is 23.2 Å². The van der Waals surface area contributed by atoms with Gasteiger partial charge in [0.25, 0.3) is 0 Å². The Hall–Kier alpha value is -1.24. The monoisotopic (exact) mass is 458 g/mol. The summed E-state index contributed by atoms with van der Waals surface area (Å²) in [4.78, 5) is 0. The van der Waals surface area contributed by atoms with Gasteiger partial charge in [0.1, 0.15) is 0 Å². The minimum Gasteiger partial charge on any atom is -0.791 e. The molecule has 0 aliphatic rings. The van der Waals surface area contributed by atoms with Crippen LogP contribution in [0.5, 0.6) is 0 Å². The Morgan fingerprint density at radius 3 is 1.13 bits per heavy atom. The van der Waals surface area contributed by atoms with Crippen LogP contribution in [-0.4, -0.2) is 35.3 Å². The van der Waals surface area contributed by atoms with E-state index in [0.29, 0.717) is 21.2 Å². The van der Waals surface area contributed by atoms with E-state index in [4.69, 9.17) is 23.2 Å².